The molecule has 0 aromatic heterocycles. The van der Waals surface area contributed by atoms with E-state index in [1.807, 2.05) is 25.7 Å². The highest BCUT2D eigenvalue weighted by Crippen LogP contribution is 2.29. The Bertz CT molecular complexity index is 838. The zero-order valence-corrected chi connectivity index (χ0v) is 18.0. The van der Waals surface area contributed by atoms with Gasteiger partial charge in [-0.25, -0.2) is 4.79 Å². The molecule has 31 heavy (non-hydrogen) atoms. The molecule has 1 heterocycles. The monoisotopic (exact) mass is 439 g/mol. The zero-order valence-electron chi connectivity index (χ0n) is 18.0. The fourth-order valence-electron chi connectivity index (χ4n) is 2.96. The molecule has 0 spiro atoms. The van der Waals surface area contributed by atoms with E-state index >= 15 is 0 Å². The van der Waals surface area contributed by atoms with E-state index in [0.717, 1.165) is 18.6 Å². The maximum absolute atomic E-state index is 12.7. The number of hydrogen-bond donors (Lipinski definition) is 1. The molecule has 1 aromatic rings. The minimum Gasteiger partial charge on any atom is -0.444 e. The molecule has 2 rings (SSSR count). The van der Waals surface area contributed by atoms with Crippen LogP contribution in [0.15, 0.2) is 24.3 Å². The van der Waals surface area contributed by atoms with E-state index < -0.39 is 17.3 Å². The van der Waals surface area contributed by atoms with Gasteiger partial charge in [-0.1, -0.05) is 17.9 Å². The van der Waals surface area contributed by atoms with Gasteiger partial charge in [0, 0.05) is 31.7 Å². The number of ether oxygens (including phenoxy) is 1. The maximum Gasteiger partial charge on any atom is 0.416 e. The predicted molar refractivity (Wildman–Crippen MR) is 110 cm³/mol. The Morgan fingerprint density at radius 3 is 2.55 bits per heavy atom. The minimum absolute atomic E-state index is 0.0347. The highest BCUT2D eigenvalue weighted by molar-refractivity contribution is 5.78. The molecule has 0 aliphatic carbocycles. The first-order valence-electron chi connectivity index (χ1n) is 10.1. The molecule has 6 nitrogen and oxygen atoms in total. The van der Waals surface area contributed by atoms with E-state index in [-0.39, 0.29) is 30.7 Å². The summed E-state index contributed by atoms with van der Waals surface area (Å²) in [6, 6.07) is 4.74. The third kappa shape index (κ3) is 8.89. The van der Waals surface area contributed by atoms with Crippen LogP contribution in [0.25, 0.3) is 0 Å². The van der Waals surface area contributed by atoms with Crippen LogP contribution in [0.5, 0.6) is 0 Å². The number of benzene rings is 1. The van der Waals surface area contributed by atoms with Crippen LogP contribution >= 0.6 is 0 Å². The van der Waals surface area contributed by atoms with E-state index in [9.17, 15) is 22.8 Å². The molecule has 1 saturated heterocycles. The van der Waals surface area contributed by atoms with Gasteiger partial charge in [0.2, 0.25) is 5.91 Å². The lowest BCUT2D eigenvalue weighted by Crippen LogP contribution is -2.41. The Morgan fingerprint density at radius 2 is 1.87 bits per heavy atom. The second-order valence-corrected chi connectivity index (χ2v) is 8.25. The fraction of sp³-hybridized carbons (Fsp3) is 0.545. The first kappa shape index (κ1) is 24.5. The van der Waals surface area contributed by atoms with Gasteiger partial charge < -0.3 is 15.0 Å². The van der Waals surface area contributed by atoms with Crippen molar-refractivity contribution in [1.82, 2.24) is 15.1 Å². The largest absolute Gasteiger partial charge is 0.444 e. The van der Waals surface area contributed by atoms with Crippen LogP contribution in [0.3, 0.4) is 0 Å². The Labute approximate surface area is 180 Å². The third-order valence-electron chi connectivity index (χ3n) is 4.40. The molecule has 2 amide bonds. The van der Waals surface area contributed by atoms with Crippen molar-refractivity contribution in [3.05, 3.63) is 35.4 Å². The number of amides is 2. The predicted octanol–water partition coefficient (Wildman–Crippen LogP) is 3.12. The number of halogens is 3. The summed E-state index contributed by atoms with van der Waals surface area (Å²) in [7, 11) is 0. The van der Waals surface area contributed by atoms with Crippen LogP contribution < -0.4 is 5.32 Å². The van der Waals surface area contributed by atoms with Crippen molar-refractivity contribution in [3.63, 3.8) is 0 Å². The maximum atomic E-state index is 12.7. The number of carbonyl (C=O) groups excluding carboxylic acids is 2. The van der Waals surface area contributed by atoms with E-state index in [1.54, 1.807) is 4.90 Å². The van der Waals surface area contributed by atoms with Gasteiger partial charge in [0.1, 0.15) is 5.60 Å². The summed E-state index contributed by atoms with van der Waals surface area (Å²) < 4.78 is 43.5. The van der Waals surface area contributed by atoms with Gasteiger partial charge in [0.05, 0.1) is 18.7 Å². The second-order valence-electron chi connectivity index (χ2n) is 8.25. The standard InChI is InChI=1S/C22H28F3N3O3/c1-21(2,3)31-20(30)28-12-6-11-27(13-14-28)16-19(29)26-10-5-8-17-7-4-9-18(15-17)22(23,24)25/h4,7,9,15H,6,10-14,16H2,1-3H3,(H,26,29). The van der Waals surface area contributed by atoms with Crippen molar-refractivity contribution in [3.8, 4) is 11.8 Å². The van der Waals surface area contributed by atoms with Gasteiger partial charge in [-0.15, -0.1) is 0 Å². The Hall–Kier alpha value is -2.73. The van der Waals surface area contributed by atoms with Gasteiger partial charge in [-0.3, -0.25) is 9.69 Å². The van der Waals surface area contributed by atoms with E-state index in [4.69, 9.17) is 4.74 Å². The minimum atomic E-state index is -4.42. The van der Waals surface area contributed by atoms with Crippen LogP contribution in [0, 0.1) is 11.8 Å². The lowest BCUT2D eigenvalue weighted by molar-refractivity contribution is -0.137. The van der Waals surface area contributed by atoms with Crippen LogP contribution in [-0.2, 0) is 15.7 Å². The summed E-state index contributed by atoms with van der Waals surface area (Å²) in [5, 5.41) is 2.65. The van der Waals surface area contributed by atoms with Crippen LogP contribution in [0.2, 0.25) is 0 Å². The highest BCUT2D eigenvalue weighted by Gasteiger charge is 2.30. The SMILES string of the molecule is CC(C)(C)OC(=O)N1CCCN(CC(=O)NCC#Cc2cccc(C(F)(F)F)c2)CC1. The molecule has 1 N–H and O–H groups in total. The molecule has 0 bridgehead atoms. The van der Waals surface area contributed by atoms with Gasteiger partial charge in [0.15, 0.2) is 0 Å². The van der Waals surface area contributed by atoms with Gasteiger partial charge >= 0.3 is 12.3 Å². The van der Waals surface area contributed by atoms with Gasteiger partial charge in [-0.2, -0.15) is 13.2 Å². The van der Waals surface area contributed by atoms with E-state index in [0.29, 0.717) is 26.2 Å². The smallest absolute Gasteiger partial charge is 0.416 e. The molecule has 1 aliphatic rings. The quantitative estimate of drug-likeness (QED) is 0.736. The van der Waals surface area contributed by atoms with Crippen molar-refractivity contribution in [2.45, 2.75) is 39.0 Å². The van der Waals surface area contributed by atoms with Crippen molar-refractivity contribution >= 4 is 12.0 Å². The van der Waals surface area contributed by atoms with E-state index in [2.05, 4.69) is 17.2 Å². The number of carbonyl (C=O) groups is 2. The zero-order chi connectivity index (χ0) is 23.1. The number of hydrogen-bond acceptors (Lipinski definition) is 4. The van der Waals surface area contributed by atoms with Crippen LogP contribution in [-0.4, -0.2) is 66.7 Å². The summed E-state index contributed by atoms with van der Waals surface area (Å²) >= 11 is 0. The van der Waals surface area contributed by atoms with Gasteiger partial charge in [-0.05, 0) is 45.4 Å². The average Bonchev–Trinajstić information content (AvgIpc) is 2.89. The summed E-state index contributed by atoms with van der Waals surface area (Å²) in [4.78, 5) is 27.9. The third-order valence-corrected chi connectivity index (χ3v) is 4.40. The van der Waals surface area contributed by atoms with Crippen molar-refractivity contribution in [2.24, 2.45) is 0 Å². The molecule has 0 saturated carbocycles. The van der Waals surface area contributed by atoms with Crippen LogP contribution in [0.1, 0.15) is 38.3 Å². The van der Waals surface area contributed by atoms with Gasteiger partial charge in [0.25, 0.3) is 0 Å². The molecule has 0 unspecified atom stereocenters. The Kier molecular flexibility index (Phi) is 8.34. The molecular formula is C22H28F3N3O3. The summed E-state index contributed by atoms with van der Waals surface area (Å²) in [6.07, 6.45) is -4.05. The Morgan fingerprint density at radius 1 is 1.13 bits per heavy atom. The second kappa shape index (κ2) is 10.5. The number of rotatable bonds is 3. The number of nitrogens with one attached hydrogen (secondary N) is 1. The summed E-state index contributed by atoms with van der Waals surface area (Å²) in [6.45, 7) is 7.89. The molecular weight excluding hydrogens is 411 g/mol. The highest BCUT2D eigenvalue weighted by atomic mass is 19.4. The molecule has 0 radical (unpaired) electrons. The molecule has 9 heteroatoms. The summed E-state index contributed by atoms with van der Waals surface area (Å²) in [5.41, 5.74) is -1.08. The normalized spacial score (nSPS) is 15.5. The van der Waals surface area contributed by atoms with Crippen molar-refractivity contribution in [1.29, 1.82) is 0 Å². The fourth-order valence-corrected chi connectivity index (χ4v) is 2.96. The number of alkyl halides is 3. The lowest BCUT2D eigenvalue weighted by atomic mass is 10.1. The first-order chi connectivity index (χ1) is 14.4. The molecule has 0 atom stereocenters. The Balaban J connectivity index is 1.77. The first-order valence-corrected chi connectivity index (χ1v) is 10.1. The van der Waals surface area contributed by atoms with E-state index in [1.165, 1.54) is 12.1 Å². The molecule has 170 valence electrons. The van der Waals surface area contributed by atoms with Crippen molar-refractivity contribution < 1.29 is 27.5 Å². The number of nitrogens with zero attached hydrogens (tertiary/aromatic N) is 2. The molecule has 1 fully saturated rings. The lowest BCUT2D eigenvalue weighted by Gasteiger charge is -2.26. The van der Waals surface area contributed by atoms with Crippen molar-refractivity contribution in [2.75, 3.05) is 39.3 Å². The molecule has 1 aromatic carbocycles. The van der Waals surface area contributed by atoms with Crippen LogP contribution in [0.4, 0.5) is 18.0 Å². The molecule has 1 aliphatic heterocycles. The summed E-state index contributed by atoms with van der Waals surface area (Å²) in [5.74, 6) is 5.06. The average molecular weight is 439 g/mol. The topological polar surface area (TPSA) is 61.9 Å².